The molecule has 0 spiro atoms. The normalized spacial score (nSPS) is 22.6. The van der Waals surface area contributed by atoms with E-state index in [1.54, 1.807) is 17.0 Å². The van der Waals surface area contributed by atoms with Crippen LogP contribution in [0.15, 0.2) is 29.2 Å². The number of carbonyl (C=O) groups excluding carboxylic acids is 1. The highest BCUT2D eigenvalue weighted by Crippen LogP contribution is 2.23. The molecule has 1 saturated heterocycles. The number of carbonyl (C=O) groups is 1. The number of halogens is 1. The second-order valence-corrected chi connectivity index (χ2v) is 8.02. The van der Waals surface area contributed by atoms with Gasteiger partial charge in [-0.25, -0.2) is 8.42 Å². The van der Waals surface area contributed by atoms with Crippen molar-refractivity contribution in [1.29, 1.82) is 0 Å². The van der Waals surface area contributed by atoms with Crippen LogP contribution in [-0.2, 0) is 19.4 Å². The highest BCUT2D eigenvalue weighted by Gasteiger charge is 2.30. The quantitative estimate of drug-likeness (QED) is 0.838. The predicted octanol–water partition coefficient (Wildman–Crippen LogP) is 2.14. The predicted molar refractivity (Wildman–Crippen MR) is 84.7 cm³/mol. The molecule has 1 amide bonds. The van der Waals surface area contributed by atoms with Crippen LogP contribution in [0.4, 0.5) is 0 Å². The summed E-state index contributed by atoms with van der Waals surface area (Å²) in [7, 11) is -3.57. The number of rotatable bonds is 4. The van der Waals surface area contributed by atoms with Crippen molar-refractivity contribution in [3.8, 4) is 0 Å². The molecule has 0 saturated carbocycles. The molecule has 122 valence electrons. The maximum atomic E-state index is 12.4. The summed E-state index contributed by atoms with van der Waals surface area (Å²) in [5.41, 5.74) is 0. The van der Waals surface area contributed by atoms with E-state index in [1.165, 1.54) is 12.1 Å². The molecule has 1 aromatic carbocycles. The average molecular weight is 346 g/mol. The molecule has 1 aliphatic heterocycles. The lowest BCUT2D eigenvalue weighted by Gasteiger charge is -2.38. The molecule has 1 heterocycles. The minimum atomic E-state index is -3.57. The van der Waals surface area contributed by atoms with E-state index in [1.807, 2.05) is 13.8 Å². The van der Waals surface area contributed by atoms with Gasteiger partial charge >= 0.3 is 0 Å². The lowest BCUT2D eigenvalue weighted by atomic mass is 10.1. The Morgan fingerprint density at radius 2 is 1.86 bits per heavy atom. The second kappa shape index (κ2) is 6.98. The van der Waals surface area contributed by atoms with Crippen LogP contribution in [-0.4, -0.2) is 50.3 Å². The molecule has 5 nitrogen and oxygen atoms in total. The van der Waals surface area contributed by atoms with Crippen LogP contribution in [0, 0.1) is 0 Å². The number of ether oxygens (including phenoxy) is 1. The molecular weight excluding hydrogens is 326 g/mol. The zero-order chi connectivity index (χ0) is 16.3. The first-order valence-corrected chi connectivity index (χ1v) is 9.22. The average Bonchev–Trinajstić information content (AvgIpc) is 2.45. The number of sulfone groups is 1. The third kappa shape index (κ3) is 3.80. The Hall–Kier alpha value is -1.11. The van der Waals surface area contributed by atoms with E-state index in [4.69, 9.17) is 16.3 Å². The Morgan fingerprint density at radius 1 is 1.27 bits per heavy atom. The smallest absolute Gasteiger partial charge is 0.224 e. The monoisotopic (exact) mass is 345 g/mol. The van der Waals surface area contributed by atoms with E-state index in [9.17, 15) is 13.2 Å². The molecule has 0 bridgehead atoms. The van der Waals surface area contributed by atoms with E-state index in [0.717, 1.165) is 0 Å². The minimum Gasteiger partial charge on any atom is -0.377 e. The number of amides is 1. The maximum Gasteiger partial charge on any atom is 0.224 e. The summed E-state index contributed by atoms with van der Waals surface area (Å²) in [4.78, 5) is 14.1. The van der Waals surface area contributed by atoms with Crippen LogP contribution in [0.2, 0.25) is 5.02 Å². The van der Waals surface area contributed by atoms with Crippen LogP contribution >= 0.6 is 11.6 Å². The zero-order valence-electron chi connectivity index (χ0n) is 12.7. The molecule has 0 radical (unpaired) electrons. The third-order valence-corrected chi connectivity index (χ3v) is 5.92. The van der Waals surface area contributed by atoms with Gasteiger partial charge < -0.3 is 9.64 Å². The lowest BCUT2D eigenvalue weighted by molar-refractivity contribution is -0.143. The lowest BCUT2D eigenvalue weighted by Crippen LogP contribution is -2.52. The first-order valence-electron chi connectivity index (χ1n) is 7.19. The Labute approximate surface area is 136 Å². The van der Waals surface area contributed by atoms with Gasteiger partial charge in [0.05, 0.1) is 41.0 Å². The molecule has 22 heavy (non-hydrogen) atoms. The second-order valence-electron chi connectivity index (χ2n) is 5.54. The first kappa shape index (κ1) is 17.2. The van der Waals surface area contributed by atoms with Gasteiger partial charge in [0, 0.05) is 6.42 Å². The molecule has 1 aromatic rings. The van der Waals surface area contributed by atoms with Crippen LogP contribution in [0.1, 0.15) is 20.3 Å². The topological polar surface area (TPSA) is 63.7 Å². The van der Waals surface area contributed by atoms with E-state index >= 15 is 0 Å². The molecule has 2 atom stereocenters. The minimum absolute atomic E-state index is 0.0423. The van der Waals surface area contributed by atoms with Gasteiger partial charge in [-0.3, -0.25) is 4.79 Å². The van der Waals surface area contributed by atoms with Crippen LogP contribution in [0.5, 0.6) is 0 Å². The standard InChI is InChI=1S/C15H20ClNO4S/c1-11-9-21-10-12(2)17(11)15(18)7-8-22(19,20)14-6-4-3-5-13(14)16/h3-6,11-12H,7-10H2,1-2H3. The summed E-state index contributed by atoms with van der Waals surface area (Å²) in [5, 5.41) is 0.183. The van der Waals surface area contributed by atoms with Gasteiger partial charge in [0.2, 0.25) is 5.91 Å². The van der Waals surface area contributed by atoms with E-state index in [0.29, 0.717) is 13.2 Å². The fourth-order valence-electron chi connectivity index (χ4n) is 2.65. The Morgan fingerprint density at radius 3 is 2.45 bits per heavy atom. The van der Waals surface area contributed by atoms with Crippen molar-refractivity contribution < 1.29 is 17.9 Å². The van der Waals surface area contributed by atoms with Crippen LogP contribution in [0.3, 0.4) is 0 Å². The summed E-state index contributed by atoms with van der Waals surface area (Å²) in [6.45, 7) is 4.76. The van der Waals surface area contributed by atoms with E-state index in [2.05, 4.69) is 0 Å². The summed E-state index contributed by atoms with van der Waals surface area (Å²) in [6, 6.07) is 6.19. The summed E-state index contributed by atoms with van der Waals surface area (Å²) < 4.78 is 30.0. The van der Waals surface area contributed by atoms with E-state index in [-0.39, 0.29) is 40.1 Å². The van der Waals surface area contributed by atoms with Gasteiger partial charge in [0.15, 0.2) is 9.84 Å². The van der Waals surface area contributed by atoms with Crippen LogP contribution < -0.4 is 0 Å². The molecule has 0 N–H and O–H groups in total. The highest BCUT2D eigenvalue weighted by molar-refractivity contribution is 7.91. The maximum absolute atomic E-state index is 12.4. The molecular formula is C15H20ClNO4S. The van der Waals surface area contributed by atoms with Crippen molar-refractivity contribution in [2.24, 2.45) is 0 Å². The zero-order valence-corrected chi connectivity index (χ0v) is 14.2. The summed E-state index contributed by atoms with van der Waals surface area (Å²) in [6.07, 6.45) is -0.0533. The molecule has 0 aliphatic carbocycles. The van der Waals surface area contributed by atoms with Crippen molar-refractivity contribution in [2.45, 2.75) is 37.2 Å². The van der Waals surface area contributed by atoms with Gasteiger partial charge in [-0.2, -0.15) is 0 Å². The van der Waals surface area contributed by atoms with Gasteiger partial charge in [0.1, 0.15) is 0 Å². The fraction of sp³-hybridized carbons (Fsp3) is 0.533. The van der Waals surface area contributed by atoms with Crippen LogP contribution in [0.25, 0.3) is 0 Å². The number of benzene rings is 1. The van der Waals surface area contributed by atoms with Gasteiger partial charge in [0.25, 0.3) is 0 Å². The van der Waals surface area contributed by atoms with Crippen molar-refractivity contribution in [3.63, 3.8) is 0 Å². The highest BCUT2D eigenvalue weighted by atomic mass is 35.5. The Kier molecular flexibility index (Phi) is 5.47. The molecule has 7 heteroatoms. The number of morpholine rings is 1. The largest absolute Gasteiger partial charge is 0.377 e. The van der Waals surface area contributed by atoms with Gasteiger partial charge in [-0.05, 0) is 26.0 Å². The third-order valence-electron chi connectivity index (χ3n) is 3.71. The molecule has 1 aliphatic rings. The van der Waals surface area contributed by atoms with Crippen molar-refractivity contribution in [2.75, 3.05) is 19.0 Å². The Bertz CT molecular complexity index is 637. The number of hydrogen-bond acceptors (Lipinski definition) is 4. The summed E-state index contributed by atoms with van der Waals surface area (Å²) in [5.74, 6) is -0.411. The molecule has 2 rings (SSSR count). The van der Waals surface area contributed by atoms with Crippen molar-refractivity contribution >= 4 is 27.3 Å². The SMILES string of the molecule is CC1COCC(C)N1C(=O)CCS(=O)(=O)c1ccccc1Cl. The molecule has 2 unspecified atom stereocenters. The fourth-order valence-corrected chi connectivity index (χ4v) is 4.46. The van der Waals surface area contributed by atoms with Gasteiger partial charge in [-0.15, -0.1) is 0 Å². The first-order chi connectivity index (χ1) is 10.3. The van der Waals surface area contributed by atoms with Crippen molar-refractivity contribution in [3.05, 3.63) is 29.3 Å². The van der Waals surface area contributed by atoms with E-state index < -0.39 is 9.84 Å². The Balaban J connectivity index is 2.06. The molecule has 1 fully saturated rings. The van der Waals surface area contributed by atoms with Crippen molar-refractivity contribution in [1.82, 2.24) is 4.90 Å². The molecule has 0 aromatic heterocycles. The summed E-state index contributed by atoms with van der Waals surface area (Å²) >= 11 is 5.93. The number of hydrogen-bond donors (Lipinski definition) is 0. The van der Waals surface area contributed by atoms with Gasteiger partial charge in [-0.1, -0.05) is 23.7 Å². The number of nitrogens with zero attached hydrogens (tertiary/aromatic N) is 1.